The van der Waals surface area contributed by atoms with Gasteiger partial charge in [0.2, 0.25) is 0 Å². The van der Waals surface area contributed by atoms with Crippen LogP contribution in [-0.2, 0) is 9.59 Å². The van der Waals surface area contributed by atoms with Crippen molar-refractivity contribution in [3.63, 3.8) is 0 Å². The standard InChI is InChI=1S/C20H13ClN4O2S/c21-14-4-8-16(9-5-14)25-19(27)17(18(26)23-20(25)28)12-13-2-6-15(7-3-13)24-11-1-10-22-24/h1-12H,(H,23,26,28)/b17-12+. The van der Waals surface area contributed by atoms with Gasteiger partial charge in [-0.1, -0.05) is 23.7 Å². The normalized spacial score (nSPS) is 15.8. The maximum atomic E-state index is 13.0. The monoisotopic (exact) mass is 408 g/mol. The van der Waals surface area contributed by atoms with E-state index >= 15 is 0 Å². The van der Waals surface area contributed by atoms with Crippen LogP contribution in [0.15, 0.2) is 72.6 Å². The second-order valence-corrected chi connectivity index (χ2v) is 6.80. The minimum absolute atomic E-state index is 0.00427. The van der Waals surface area contributed by atoms with Crippen molar-refractivity contribution < 1.29 is 9.59 Å². The molecule has 0 unspecified atom stereocenters. The van der Waals surface area contributed by atoms with E-state index in [-0.39, 0.29) is 10.7 Å². The first kappa shape index (κ1) is 18.1. The van der Waals surface area contributed by atoms with Gasteiger partial charge in [0.05, 0.1) is 11.4 Å². The largest absolute Gasteiger partial charge is 0.298 e. The number of thiocarbonyl (C=S) groups is 1. The summed E-state index contributed by atoms with van der Waals surface area (Å²) in [6.45, 7) is 0. The maximum Gasteiger partial charge on any atom is 0.270 e. The lowest BCUT2D eigenvalue weighted by molar-refractivity contribution is -0.122. The molecule has 1 aliphatic heterocycles. The number of carbonyl (C=O) groups excluding carboxylic acids is 2. The second kappa shape index (κ2) is 7.38. The number of hydrogen-bond acceptors (Lipinski definition) is 4. The minimum Gasteiger partial charge on any atom is -0.298 e. The van der Waals surface area contributed by atoms with Crippen LogP contribution < -0.4 is 10.2 Å². The van der Waals surface area contributed by atoms with E-state index in [4.69, 9.17) is 23.8 Å². The van der Waals surface area contributed by atoms with Crippen LogP contribution >= 0.6 is 23.8 Å². The van der Waals surface area contributed by atoms with Crippen molar-refractivity contribution in [1.82, 2.24) is 15.1 Å². The van der Waals surface area contributed by atoms with Gasteiger partial charge in [0.1, 0.15) is 5.57 Å². The van der Waals surface area contributed by atoms with Crippen LogP contribution in [0.3, 0.4) is 0 Å². The average Bonchev–Trinajstić information content (AvgIpc) is 3.22. The van der Waals surface area contributed by atoms with E-state index in [0.29, 0.717) is 16.3 Å². The molecule has 2 amide bonds. The summed E-state index contributed by atoms with van der Waals surface area (Å²) in [4.78, 5) is 26.6. The molecule has 1 N–H and O–H groups in total. The van der Waals surface area contributed by atoms with Crippen LogP contribution in [-0.4, -0.2) is 26.7 Å². The first-order valence-corrected chi connectivity index (χ1v) is 9.09. The molecule has 8 heteroatoms. The zero-order valence-corrected chi connectivity index (χ0v) is 15.9. The topological polar surface area (TPSA) is 67.2 Å². The van der Waals surface area contributed by atoms with Gasteiger partial charge in [-0.3, -0.25) is 19.8 Å². The van der Waals surface area contributed by atoms with Gasteiger partial charge in [0.15, 0.2) is 5.11 Å². The van der Waals surface area contributed by atoms with E-state index in [1.165, 1.54) is 11.0 Å². The lowest BCUT2D eigenvalue weighted by Crippen LogP contribution is -2.54. The number of nitrogens with zero attached hydrogens (tertiary/aromatic N) is 3. The number of anilines is 1. The molecular weight excluding hydrogens is 396 g/mol. The highest BCUT2D eigenvalue weighted by Crippen LogP contribution is 2.24. The summed E-state index contributed by atoms with van der Waals surface area (Å²) < 4.78 is 1.72. The number of hydrogen-bond donors (Lipinski definition) is 1. The molecule has 138 valence electrons. The number of aromatic nitrogens is 2. The van der Waals surface area contributed by atoms with Crippen LogP contribution in [0.1, 0.15) is 5.56 Å². The SMILES string of the molecule is O=C1NC(=S)N(c2ccc(Cl)cc2)C(=O)/C1=C/c1ccc(-n2cccn2)cc1. The molecule has 0 spiro atoms. The number of benzene rings is 2. The van der Waals surface area contributed by atoms with E-state index in [1.807, 2.05) is 36.5 Å². The van der Waals surface area contributed by atoms with Crippen molar-refractivity contribution in [1.29, 1.82) is 0 Å². The Balaban J connectivity index is 1.65. The summed E-state index contributed by atoms with van der Waals surface area (Å²) in [6.07, 6.45) is 5.06. The van der Waals surface area contributed by atoms with Crippen LogP contribution in [0.2, 0.25) is 5.02 Å². The number of carbonyl (C=O) groups is 2. The fraction of sp³-hybridized carbons (Fsp3) is 0. The van der Waals surface area contributed by atoms with E-state index in [2.05, 4.69) is 10.4 Å². The number of amides is 2. The van der Waals surface area contributed by atoms with E-state index in [1.54, 1.807) is 35.1 Å². The predicted molar refractivity (Wildman–Crippen MR) is 111 cm³/mol. The lowest BCUT2D eigenvalue weighted by atomic mass is 10.1. The Morgan fingerprint density at radius 3 is 2.32 bits per heavy atom. The summed E-state index contributed by atoms with van der Waals surface area (Å²) in [7, 11) is 0. The Kier molecular flexibility index (Phi) is 4.77. The summed E-state index contributed by atoms with van der Waals surface area (Å²) >= 11 is 11.1. The van der Waals surface area contributed by atoms with Crippen molar-refractivity contribution in [2.24, 2.45) is 0 Å². The van der Waals surface area contributed by atoms with Crippen LogP contribution in [0.4, 0.5) is 5.69 Å². The fourth-order valence-electron chi connectivity index (χ4n) is 2.79. The van der Waals surface area contributed by atoms with Gasteiger partial charge in [0.25, 0.3) is 11.8 Å². The molecule has 0 bridgehead atoms. The molecule has 0 radical (unpaired) electrons. The Morgan fingerprint density at radius 1 is 1.00 bits per heavy atom. The van der Waals surface area contributed by atoms with Gasteiger partial charge in [-0.2, -0.15) is 5.10 Å². The summed E-state index contributed by atoms with van der Waals surface area (Å²) in [5, 5.41) is 7.29. The Bertz CT molecular complexity index is 1090. The number of halogens is 1. The highest BCUT2D eigenvalue weighted by Gasteiger charge is 2.34. The van der Waals surface area contributed by atoms with E-state index < -0.39 is 11.8 Å². The second-order valence-electron chi connectivity index (χ2n) is 5.98. The molecular formula is C20H13ClN4O2S. The third-order valence-electron chi connectivity index (χ3n) is 4.16. The van der Waals surface area contributed by atoms with Gasteiger partial charge in [-0.15, -0.1) is 0 Å². The minimum atomic E-state index is -0.531. The summed E-state index contributed by atoms with van der Waals surface area (Å²) in [6, 6.07) is 15.8. The molecule has 4 rings (SSSR count). The van der Waals surface area contributed by atoms with E-state index in [0.717, 1.165) is 5.69 Å². The van der Waals surface area contributed by atoms with Crippen LogP contribution in [0, 0.1) is 0 Å². The Morgan fingerprint density at radius 2 is 1.68 bits per heavy atom. The van der Waals surface area contributed by atoms with Gasteiger partial charge in [0, 0.05) is 17.4 Å². The molecule has 1 saturated heterocycles. The summed E-state index contributed by atoms with van der Waals surface area (Å²) in [5.41, 5.74) is 2.10. The van der Waals surface area contributed by atoms with Crippen molar-refractivity contribution in [3.05, 3.63) is 83.2 Å². The van der Waals surface area contributed by atoms with Crippen molar-refractivity contribution in [2.45, 2.75) is 0 Å². The number of nitrogens with one attached hydrogen (secondary N) is 1. The lowest BCUT2D eigenvalue weighted by Gasteiger charge is -2.28. The van der Waals surface area contributed by atoms with E-state index in [9.17, 15) is 9.59 Å². The molecule has 0 aliphatic carbocycles. The molecule has 3 aromatic rings. The van der Waals surface area contributed by atoms with Crippen molar-refractivity contribution in [2.75, 3.05) is 4.90 Å². The van der Waals surface area contributed by atoms with Crippen molar-refractivity contribution in [3.8, 4) is 5.69 Å². The molecule has 0 atom stereocenters. The average molecular weight is 409 g/mol. The smallest absolute Gasteiger partial charge is 0.270 e. The maximum absolute atomic E-state index is 13.0. The third kappa shape index (κ3) is 3.45. The zero-order chi connectivity index (χ0) is 19.7. The quantitative estimate of drug-likeness (QED) is 0.410. The molecule has 28 heavy (non-hydrogen) atoms. The predicted octanol–water partition coefficient (Wildman–Crippen LogP) is 3.36. The van der Waals surface area contributed by atoms with Gasteiger partial charge >= 0.3 is 0 Å². The van der Waals surface area contributed by atoms with Crippen LogP contribution in [0.5, 0.6) is 0 Å². The Hall–Kier alpha value is -3.29. The molecule has 6 nitrogen and oxygen atoms in total. The van der Waals surface area contributed by atoms with Gasteiger partial charge in [-0.05, 0) is 66.3 Å². The number of rotatable bonds is 3. The highest BCUT2D eigenvalue weighted by atomic mass is 35.5. The Labute approximate surface area is 171 Å². The van der Waals surface area contributed by atoms with Gasteiger partial charge < -0.3 is 0 Å². The molecule has 1 fully saturated rings. The highest BCUT2D eigenvalue weighted by molar-refractivity contribution is 7.80. The third-order valence-corrected chi connectivity index (χ3v) is 4.70. The molecule has 0 saturated carbocycles. The van der Waals surface area contributed by atoms with Gasteiger partial charge in [-0.25, -0.2) is 4.68 Å². The molecule has 1 aliphatic rings. The van der Waals surface area contributed by atoms with Crippen molar-refractivity contribution >= 4 is 52.5 Å². The summed E-state index contributed by atoms with van der Waals surface area (Å²) in [5.74, 6) is -1.02. The first-order chi connectivity index (χ1) is 13.5. The van der Waals surface area contributed by atoms with Crippen LogP contribution in [0.25, 0.3) is 11.8 Å². The molecule has 2 aromatic carbocycles. The molecule has 2 heterocycles. The first-order valence-electron chi connectivity index (χ1n) is 8.30. The zero-order valence-electron chi connectivity index (χ0n) is 14.4. The molecule has 1 aromatic heterocycles. The fourth-order valence-corrected chi connectivity index (χ4v) is 3.20.